The first kappa shape index (κ1) is 19.5. The van der Waals surface area contributed by atoms with Crippen molar-refractivity contribution in [2.45, 2.75) is 26.7 Å². The Morgan fingerprint density at radius 1 is 1.21 bits per heavy atom. The zero-order chi connectivity index (χ0) is 17.9. The molecule has 0 aromatic heterocycles. The monoisotopic (exact) mass is 332 g/mol. The lowest BCUT2D eigenvalue weighted by atomic mass is 10.1. The van der Waals surface area contributed by atoms with Gasteiger partial charge in [0.25, 0.3) is 0 Å². The van der Waals surface area contributed by atoms with Crippen molar-refractivity contribution in [3.63, 3.8) is 0 Å². The highest BCUT2D eigenvalue weighted by Gasteiger charge is 2.05. The first-order valence-corrected chi connectivity index (χ1v) is 7.77. The highest BCUT2D eigenvalue weighted by molar-refractivity contribution is 5.93. The van der Waals surface area contributed by atoms with E-state index in [-0.39, 0.29) is 5.97 Å². The quantitative estimate of drug-likeness (QED) is 0.394. The standard InChI is InChI=1S/C19H24O5/c1-5-18(20)24-11-7-6-10-23-17-9-8-16(14(2)13-17)12-15(3)19(21)22-4/h5,8-9,12-13H,1,6-7,10-11H2,2-4H3. The minimum absolute atomic E-state index is 0.341. The molecule has 0 N–H and O–H groups in total. The predicted molar refractivity (Wildman–Crippen MR) is 92.7 cm³/mol. The summed E-state index contributed by atoms with van der Waals surface area (Å²) in [7, 11) is 1.36. The zero-order valence-corrected chi connectivity index (χ0v) is 14.5. The van der Waals surface area contributed by atoms with Crippen LogP contribution in [0.2, 0.25) is 0 Å². The van der Waals surface area contributed by atoms with Crippen LogP contribution in [0, 0.1) is 6.92 Å². The first-order chi connectivity index (χ1) is 11.5. The highest BCUT2D eigenvalue weighted by Crippen LogP contribution is 2.20. The van der Waals surface area contributed by atoms with Gasteiger partial charge in [-0.05, 0) is 56.0 Å². The number of aryl methyl sites for hydroxylation is 1. The third-order valence-electron chi connectivity index (χ3n) is 3.34. The fourth-order valence-electron chi connectivity index (χ4n) is 1.98. The van der Waals surface area contributed by atoms with Crippen LogP contribution in [-0.2, 0) is 19.1 Å². The second-order valence-electron chi connectivity index (χ2n) is 5.26. The Hall–Kier alpha value is -2.56. The van der Waals surface area contributed by atoms with Gasteiger partial charge in [-0.2, -0.15) is 0 Å². The van der Waals surface area contributed by atoms with Gasteiger partial charge in [0.1, 0.15) is 5.75 Å². The molecule has 0 radical (unpaired) electrons. The fraction of sp³-hybridized carbons (Fsp3) is 0.368. The summed E-state index contributed by atoms with van der Waals surface area (Å²) < 4.78 is 15.2. The molecule has 0 saturated heterocycles. The fourth-order valence-corrected chi connectivity index (χ4v) is 1.98. The molecule has 1 rings (SSSR count). The Balaban J connectivity index is 2.46. The van der Waals surface area contributed by atoms with E-state index in [1.807, 2.05) is 25.1 Å². The predicted octanol–water partition coefficient (Wildman–Crippen LogP) is 3.46. The molecule has 0 amide bonds. The molecular formula is C19H24O5. The lowest BCUT2D eigenvalue weighted by Gasteiger charge is -2.09. The van der Waals surface area contributed by atoms with Crippen molar-refractivity contribution in [1.29, 1.82) is 0 Å². The second kappa shape index (κ2) is 10.3. The van der Waals surface area contributed by atoms with E-state index in [1.165, 1.54) is 7.11 Å². The summed E-state index contributed by atoms with van der Waals surface area (Å²) in [4.78, 5) is 22.3. The van der Waals surface area contributed by atoms with Crippen LogP contribution in [0.5, 0.6) is 5.75 Å². The number of methoxy groups -OCH3 is 1. The summed E-state index contributed by atoms with van der Waals surface area (Å²) in [6.07, 6.45) is 4.46. The highest BCUT2D eigenvalue weighted by atomic mass is 16.5. The first-order valence-electron chi connectivity index (χ1n) is 7.77. The van der Waals surface area contributed by atoms with Gasteiger partial charge in [0.2, 0.25) is 0 Å². The van der Waals surface area contributed by atoms with Crippen LogP contribution < -0.4 is 4.74 Å². The topological polar surface area (TPSA) is 61.8 Å². The van der Waals surface area contributed by atoms with Crippen LogP contribution in [0.15, 0.2) is 36.4 Å². The number of carbonyl (C=O) groups is 2. The Labute approximate surface area is 142 Å². The smallest absolute Gasteiger partial charge is 0.333 e. The molecule has 0 aliphatic heterocycles. The molecule has 0 aliphatic rings. The summed E-state index contributed by atoms with van der Waals surface area (Å²) >= 11 is 0. The van der Waals surface area contributed by atoms with Crippen molar-refractivity contribution in [3.8, 4) is 5.75 Å². The van der Waals surface area contributed by atoms with Crippen LogP contribution >= 0.6 is 0 Å². The molecule has 0 aliphatic carbocycles. The lowest BCUT2D eigenvalue weighted by Crippen LogP contribution is -2.04. The van der Waals surface area contributed by atoms with Gasteiger partial charge < -0.3 is 14.2 Å². The van der Waals surface area contributed by atoms with Gasteiger partial charge in [0, 0.05) is 11.6 Å². The third-order valence-corrected chi connectivity index (χ3v) is 3.34. The molecule has 24 heavy (non-hydrogen) atoms. The van der Waals surface area contributed by atoms with Crippen LogP contribution in [-0.4, -0.2) is 32.3 Å². The largest absolute Gasteiger partial charge is 0.494 e. The Bertz CT molecular complexity index is 616. The molecule has 0 saturated carbocycles. The molecular weight excluding hydrogens is 308 g/mol. The molecule has 0 spiro atoms. The van der Waals surface area contributed by atoms with E-state index in [0.29, 0.717) is 18.8 Å². The number of hydrogen-bond donors (Lipinski definition) is 0. The summed E-state index contributed by atoms with van der Waals surface area (Å²) in [5, 5.41) is 0. The van der Waals surface area contributed by atoms with Crippen LogP contribution in [0.1, 0.15) is 30.9 Å². The average molecular weight is 332 g/mol. The van der Waals surface area contributed by atoms with Crippen molar-refractivity contribution >= 4 is 18.0 Å². The van der Waals surface area contributed by atoms with E-state index in [1.54, 1.807) is 13.0 Å². The van der Waals surface area contributed by atoms with E-state index in [9.17, 15) is 9.59 Å². The molecule has 5 heteroatoms. The number of esters is 2. The number of ether oxygens (including phenoxy) is 3. The minimum Gasteiger partial charge on any atom is -0.494 e. The molecule has 0 heterocycles. The van der Waals surface area contributed by atoms with Gasteiger partial charge in [0.15, 0.2) is 0 Å². The van der Waals surface area contributed by atoms with E-state index < -0.39 is 5.97 Å². The van der Waals surface area contributed by atoms with Gasteiger partial charge >= 0.3 is 11.9 Å². The number of hydrogen-bond acceptors (Lipinski definition) is 5. The maximum absolute atomic E-state index is 11.4. The average Bonchev–Trinajstić information content (AvgIpc) is 2.58. The number of benzene rings is 1. The molecule has 1 aromatic rings. The third kappa shape index (κ3) is 6.69. The SMILES string of the molecule is C=CC(=O)OCCCCOc1ccc(C=C(C)C(=O)OC)c(C)c1. The van der Waals surface area contributed by atoms with Crippen LogP contribution in [0.25, 0.3) is 6.08 Å². The van der Waals surface area contributed by atoms with Crippen molar-refractivity contribution in [3.05, 3.63) is 47.6 Å². The number of rotatable bonds is 9. The van der Waals surface area contributed by atoms with Crippen molar-refractivity contribution in [2.24, 2.45) is 0 Å². The zero-order valence-electron chi connectivity index (χ0n) is 14.5. The van der Waals surface area contributed by atoms with Crippen LogP contribution in [0.3, 0.4) is 0 Å². The molecule has 0 atom stereocenters. The molecule has 0 unspecified atom stereocenters. The molecule has 130 valence electrons. The normalized spacial score (nSPS) is 10.9. The van der Waals surface area contributed by atoms with Gasteiger partial charge in [0.05, 0.1) is 20.3 Å². The number of carbonyl (C=O) groups excluding carboxylic acids is 2. The van der Waals surface area contributed by atoms with Gasteiger partial charge in [-0.25, -0.2) is 9.59 Å². The Morgan fingerprint density at radius 3 is 2.54 bits per heavy atom. The number of unbranched alkanes of at least 4 members (excludes halogenated alkanes) is 1. The maximum atomic E-state index is 11.4. The maximum Gasteiger partial charge on any atom is 0.333 e. The van der Waals surface area contributed by atoms with E-state index in [0.717, 1.165) is 35.8 Å². The van der Waals surface area contributed by atoms with E-state index >= 15 is 0 Å². The van der Waals surface area contributed by atoms with Crippen molar-refractivity contribution in [1.82, 2.24) is 0 Å². The molecule has 0 bridgehead atoms. The second-order valence-corrected chi connectivity index (χ2v) is 5.26. The van der Waals surface area contributed by atoms with Crippen molar-refractivity contribution in [2.75, 3.05) is 20.3 Å². The lowest BCUT2D eigenvalue weighted by molar-refractivity contribution is -0.138. The van der Waals surface area contributed by atoms with E-state index in [4.69, 9.17) is 9.47 Å². The summed E-state index contributed by atoms with van der Waals surface area (Å²) in [6, 6.07) is 5.69. The van der Waals surface area contributed by atoms with Crippen molar-refractivity contribution < 1.29 is 23.8 Å². The Kier molecular flexibility index (Phi) is 8.33. The summed E-state index contributed by atoms with van der Waals surface area (Å²) in [5.74, 6) is 0.0211. The molecule has 5 nitrogen and oxygen atoms in total. The van der Waals surface area contributed by atoms with Gasteiger partial charge in [-0.15, -0.1) is 0 Å². The minimum atomic E-state index is -0.405. The van der Waals surface area contributed by atoms with E-state index in [2.05, 4.69) is 11.3 Å². The van der Waals surface area contributed by atoms with Crippen LogP contribution in [0.4, 0.5) is 0 Å². The van der Waals surface area contributed by atoms with Gasteiger partial charge in [-0.1, -0.05) is 12.6 Å². The summed E-state index contributed by atoms with van der Waals surface area (Å²) in [5.41, 5.74) is 2.50. The van der Waals surface area contributed by atoms with Gasteiger partial charge in [-0.3, -0.25) is 0 Å². The summed E-state index contributed by atoms with van der Waals surface area (Å²) in [6.45, 7) is 7.92. The Morgan fingerprint density at radius 2 is 1.92 bits per heavy atom. The molecule has 0 fully saturated rings. The molecule has 1 aromatic carbocycles.